The lowest BCUT2D eigenvalue weighted by molar-refractivity contribution is -0.0445. The molecule has 0 saturated carbocycles. The van der Waals surface area contributed by atoms with E-state index in [1.807, 2.05) is 13.0 Å². The molecule has 1 aromatic heterocycles. The Balaban J connectivity index is 1.43. The first-order chi connectivity index (χ1) is 14.7. The molecule has 30 heavy (non-hydrogen) atoms. The van der Waals surface area contributed by atoms with Crippen LogP contribution in [0.15, 0.2) is 60.0 Å². The number of hydrogen-bond acceptors (Lipinski definition) is 5. The van der Waals surface area contributed by atoms with Gasteiger partial charge in [0.1, 0.15) is 5.75 Å². The van der Waals surface area contributed by atoms with Crippen molar-refractivity contribution >= 4 is 11.3 Å². The van der Waals surface area contributed by atoms with Gasteiger partial charge in [0.25, 0.3) is 0 Å². The van der Waals surface area contributed by atoms with E-state index < -0.39 is 0 Å². The van der Waals surface area contributed by atoms with Gasteiger partial charge in [-0.2, -0.15) is 0 Å². The molecule has 0 spiro atoms. The number of likely N-dealkylation sites (tertiary alicyclic amines) is 1. The molecule has 1 saturated heterocycles. The molecule has 0 N–H and O–H groups in total. The summed E-state index contributed by atoms with van der Waals surface area (Å²) in [4.78, 5) is 7.11. The van der Waals surface area contributed by atoms with E-state index in [0.29, 0.717) is 12.5 Å². The highest BCUT2D eigenvalue weighted by Crippen LogP contribution is 2.27. The van der Waals surface area contributed by atoms with Crippen LogP contribution in [0.3, 0.4) is 0 Å². The highest BCUT2D eigenvalue weighted by molar-refractivity contribution is 7.09. The van der Waals surface area contributed by atoms with Crippen LogP contribution in [0.5, 0.6) is 5.75 Å². The first-order valence-corrected chi connectivity index (χ1v) is 11.5. The van der Waals surface area contributed by atoms with Gasteiger partial charge in [-0.25, -0.2) is 4.98 Å². The van der Waals surface area contributed by atoms with Gasteiger partial charge in [0, 0.05) is 30.9 Å². The average Bonchev–Trinajstić information content (AvgIpc) is 3.19. The van der Waals surface area contributed by atoms with Crippen LogP contribution in [0.1, 0.15) is 28.2 Å². The van der Waals surface area contributed by atoms with Crippen molar-refractivity contribution in [2.24, 2.45) is 5.92 Å². The number of hydrogen-bond donors (Lipinski definition) is 0. The Bertz CT molecular complexity index is 928. The SMILES string of the molecule is COc1cccc(CN2CC[C@H](OCc3csc(C)n3)[C@H](Cc3ccccc3)C2)c1. The summed E-state index contributed by atoms with van der Waals surface area (Å²) in [5.41, 5.74) is 3.73. The zero-order valence-corrected chi connectivity index (χ0v) is 18.6. The van der Waals surface area contributed by atoms with E-state index in [-0.39, 0.29) is 6.10 Å². The molecule has 4 nitrogen and oxygen atoms in total. The maximum atomic E-state index is 6.40. The Morgan fingerprint density at radius 1 is 1.10 bits per heavy atom. The van der Waals surface area contributed by atoms with Crippen LogP contribution in [0.4, 0.5) is 0 Å². The Hall–Kier alpha value is -2.21. The van der Waals surface area contributed by atoms with Crippen LogP contribution >= 0.6 is 11.3 Å². The van der Waals surface area contributed by atoms with Gasteiger partial charge < -0.3 is 9.47 Å². The van der Waals surface area contributed by atoms with E-state index in [1.54, 1.807) is 18.4 Å². The Morgan fingerprint density at radius 3 is 2.70 bits per heavy atom. The summed E-state index contributed by atoms with van der Waals surface area (Å²) in [6.45, 7) is 5.68. The minimum absolute atomic E-state index is 0.258. The van der Waals surface area contributed by atoms with Crippen LogP contribution in [0.2, 0.25) is 0 Å². The van der Waals surface area contributed by atoms with Crippen LogP contribution in [-0.4, -0.2) is 36.2 Å². The van der Waals surface area contributed by atoms with Crippen molar-refractivity contribution in [1.29, 1.82) is 0 Å². The van der Waals surface area contributed by atoms with Crippen LogP contribution in [0.25, 0.3) is 0 Å². The molecular weight excluding hydrogens is 392 g/mol. The fraction of sp³-hybridized carbons (Fsp3) is 0.400. The van der Waals surface area contributed by atoms with Gasteiger partial charge in [-0.3, -0.25) is 4.90 Å². The predicted molar refractivity (Wildman–Crippen MR) is 122 cm³/mol. The number of benzene rings is 2. The summed E-state index contributed by atoms with van der Waals surface area (Å²) in [5.74, 6) is 1.39. The second-order valence-electron chi connectivity index (χ2n) is 8.03. The molecule has 0 radical (unpaired) electrons. The minimum atomic E-state index is 0.258. The topological polar surface area (TPSA) is 34.6 Å². The highest BCUT2D eigenvalue weighted by Gasteiger charge is 2.30. The van der Waals surface area contributed by atoms with Gasteiger partial charge in [0.15, 0.2) is 0 Å². The highest BCUT2D eigenvalue weighted by atomic mass is 32.1. The predicted octanol–water partition coefficient (Wildman–Crippen LogP) is 5.11. The van der Waals surface area contributed by atoms with Crippen molar-refractivity contribution in [3.63, 3.8) is 0 Å². The zero-order chi connectivity index (χ0) is 20.8. The molecule has 0 aliphatic carbocycles. The molecule has 1 aliphatic rings. The van der Waals surface area contributed by atoms with Crippen LogP contribution in [0, 0.1) is 12.8 Å². The first kappa shape index (κ1) is 21.0. The second kappa shape index (κ2) is 10.2. The van der Waals surface area contributed by atoms with E-state index in [1.165, 1.54) is 11.1 Å². The average molecular weight is 423 g/mol. The van der Waals surface area contributed by atoms with E-state index in [9.17, 15) is 0 Å². The summed E-state index contributed by atoms with van der Waals surface area (Å²) in [7, 11) is 1.72. The number of aryl methyl sites for hydroxylation is 1. The van der Waals surface area contributed by atoms with Crippen molar-refractivity contribution in [2.75, 3.05) is 20.2 Å². The van der Waals surface area contributed by atoms with E-state index in [0.717, 1.165) is 48.9 Å². The van der Waals surface area contributed by atoms with Crippen LogP contribution < -0.4 is 4.74 Å². The monoisotopic (exact) mass is 422 g/mol. The van der Waals surface area contributed by atoms with Crippen molar-refractivity contribution in [3.05, 3.63) is 81.8 Å². The lowest BCUT2D eigenvalue weighted by Crippen LogP contribution is -2.44. The van der Waals surface area contributed by atoms with Crippen molar-refractivity contribution in [2.45, 2.75) is 39.0 Å². The number of piperidine rings is 1. The Kier molecular flexibility index (Phi) is 7.16. The van der Waals surface area contributed by atoms with Gasteiger partial charge in [0.05, 0.1) is 30.5 Å². The molecule has 0 bridgehead atoms. The second-order valence-corrected chi connectivity index (χ2v) is 9.09. The molecule has 2 heterocycles. The lowest BCUT2D eigenvalue weighted by atomic mass is 9.88. The summed E-state index contributed by atoms with van der Waals surface area (Å²) < 4.78 is 11.8. The molecule has 4 rings (SSSR count). The Labute approximate surface area is 183 Å². The molecule has 1 fully saturated rings. The largest absolute Gasteiger partial charge is 0.497 e. The number of thiazole rings is 1. The Morgan fingerprint density at radius 2 is 1.93 bits per heavy atom. The number of nitrogens with zero attached hydrogens (tertiary/aromatic N) is 2. The van der Waals surface area contributed by atoms with Gasteiger partial charge in [0.2, 0.25) is 0 Å². The molecule has 0 unspecified atom stereocenters. The van der Waals surface area contributed by atoms with Crippen molar-refractivity contribution < 1.29 is 9.47 Å². The third-order valence-corrected chi connectivity index (χ3v) is 6.56. The first-order valence-electron chi connectivity index (χ1n) is 10.6. The molecular formula is C25H30N2O2S. The maximum absolute atomic E-state index is 6.40. The fourth-order valence-electron chi connectivity index (χ4n) is 4.26. The van der Waals surface area contributed by atoms with Crippen molar-refractivity contribution in [1.82, 2.24) is 9.88 Å². The summed E-state index contributed by atoms with van der Waals surface area (Å²) in [6.07, 6.45) is 2.34. The summed E-state index contributed by atoms with van der Waals surface area (Å²) in [6, 6.07) is 19.2. The van der Waals surface area contributed by atoms with Crippen molar-refractivity contribution in [3.8, 4) is 5.75 Å². The van der Waals surface area contributed by atoms with E-state index >= 15 is 0 Å². The van der Waals surface area contributed by atoms with Gasteiger partial charge in [-0.15, -0.1) is 11.3 Å². The van der Waals surface area contributed by atoms with Crippen LogP contribution in [-0.2, 0) is 24.3 Å². The standard InChI is InChI=1S/C25H30N2O2S/c1-19-26-23(18-30-19)17-29-25-11-12-27(15-21-9-6-10-24(14-21)28-2)16-22(25)13-20-7-4-3-5-8-20/h3-10,14,18,22,25H,11-13,15-17H2,1-2H3/t22-,25+/m1/s1. The number of ether oxygens (including phenoxy) is 2. The van der Waals surface area contributed by atoms with E-state index in [2.05, 4.69) is 63.8 Å². The van der Waals surface area contributed by atoms with E-state index in [4.69, 9.17) is 9.47 Å². The van der Waals surface area contributed by atoms with Gasteiger partial charge in [-0.1, -0.05) is 42.5 Å². The molecule has 5 heteroatoms. The number of rotatable bonds is 8. The third kappa shape index (κ3) is 5.69. The molecule has 158 valence electrons. The number of aromatic nitrogens is 1. The molecule has 0 amide bonds. The molecule has 3 aromatic rings. The minimum Gasteiger partial charge on any atom is -0.497 e. The summed E-state index contributed by atoms with van der Waals surface area (Å²) in [5, 5.41) is 3.21. The van der Waals surface area contributed by atoms with Gasteiger partial charge in [-0.05, 0) is 43.0 Å². The molecule has 2 atom stereocenters. The third-order valence-electron chi connectivity index (χ3n) is 5.74. The smallest absolute Gasteiger partial charge is 0.119 e. The number of methoxy groups -OCH3 is 1. The quantitative estimate of drug-likeness (QED) is 0.505. The molecule has 2 aromatic carbocycles. The lowest BCUT2D eigenvalue weighted by Gasteiger charge is -2.38. The van der Waals surface area contributed by atoms with Gasteiger partial charge >= 0.3 is 0 Å². The normalized spacial score (nSPS) is 19.7. The summed E-state index contributed by atoms with van der Waals surface area (Å²) >= 11 is 1.69. The maximum Gasteiger partial charge on any atom is 0.119 e. The fourth-order valence-corrected chi connectivity index (χ4v) is 4.86. The molecule has 1 aliphatic heterocycles. The zero-order valence-electron chi connectivity index (χ0n) is 17.8.